The van der Waals surface area contributed by atoms with E-state index in [4.69, 9.17) is 4.74 Å². The highest BCUT2D eigenvalue weighted by atomic mass is 127. The Balaban J connectivity index is 0.00000364. The van der Waals surface area contributed by atoms with Crippen LogP contribution < -0.4 is 5.32 Å². The number of piperazine rings is 1. The largest absolute Gasteiger partial charge is 0.378 e. The van der Waals surface area contributed by atoms with Crippen molar-refractivity contribution < 1.29 is 9.53 Å². The van der Waals surface area contributed by atoms with Crippen LogP contribution >= 0.6 is 24.0 Å². The first-order valence-corrected chi connectivity index (χ1v) is 9.60. The monoisotopic (exact) mass is 495 g/mol. The van der Waals surface area contributed by atoms with Crippen molar-refractivity contribution >= 4 is 35.8 Å². The van der Waals surface area contributed by atoms with Crippen molar-refractivity contribution in [3.05, 3.63) is 0 Å². The summed E-state index contributed by atoms with van der Waals surface area (Å²) in [7, 11) is 7.28. The Kier molecular flexibility index (Phi) is 8.81. The van der Waals surface area contributed by atoms with Crippen LogP contribution in [0.1, 0.15) is 33.6 Å². The molecule has 2 atom stereocenters. The molecule has 1 saturated carbocycles. The smallest absolute Gasteiger partial charge is 0.223 e. The van der Waals surface area contributed by atoms with Crippen LogP contribution in [-0.2, 0) is 9.53 Å². The number of carbonyl (C=O) groups excluding carboxylic acids is 1. The van der Waals surface area contributed by atoms with Crippen molar-refractivity contribution in [3.8, 4) is 0 Å². The lowest BCUT2D eigenvalue weighted by atomic mass is 9.56. The second-order valence-corrected chi connectivity index (χ2v) is 8.47. The van der Waals surface area contributed by atoms with Crippen LogP contribution in [0.15, 0.2) is 4.99 Å². The Hall–Kier alpha value is -0.610. The molecule has 1 aliphatic heterocycles. The number of amides is 1. The minimum Gasteiger partial charge on any atom is -0.378 e. The average Bonchev–Trinajstić information content (AvgIpc) is 2.63. The summed E-state index contributed by atoms with van der Waals surface area (Å²) >= 11 is 0. The van der Waals surface area contributed by atoms with Gasteiger partial charge in [-0.15, -0.1) is 24.0 Å². The van der Waals surface area contributed by atoms with E-state index in [1.165, 1.54) is 0 Å². The first-order valence-electron chi connectivity index (χ1n) is 9.60. The maximum Gasteiger partial charge on any atom is 0.223 e. The highest BCUT2D eigenvalue weighted by Crippen LogP contribution is 2.51. The summed E-state index contributed by atoms with van der Waals surface area (Å²) in [5, 5.41) is 3.65. The fraction of sp³-hybridized carbons (Fsp3) is 0.895. The normalized spacial score (nSPS) is 28.2. The summed E-state index contributed by atoms with van der Waals surface area (Å²) in [5.74, 6) is 1.17. The molecule has 0 spiro atoms. The van der Waals surface area contributed by atoms with E-state index < -0.39 is 0 Å². The van der Waals surface area contributed by atoms with E-state index in [9.17, 15) is 4.79 Å². The summed E-state index contributed by atoms with van der Waals surface area (Å²) in [5.41, 5.74) is -0.0206. The molecule has 0 radical (unpaired) electrons. The second kappa shape index (κ2) is 9.73. The molecule has 2 unspecified atom stereocenters. The van der Waals surface area contributed by atoms with E-state index in [1.807, 2.05) is 21.1 Å². The van der Waals surface area contributed by atoms with Gasteiger partial charge in [-0.3, -0.25) is 14.7 Å². The predicted octanol–water partition coefficient (Wildman–Crippen LogP) is 1.48. The number of hydrogen-bond donors (Lipinski definition) is 1. The molecule has 158 valence electrons. The number of carbonyl (C=O) groups is 1. The summed E-state index contributed by atoms with van der Waals surface area (Å²) in [6.07, 6.45) is 1.58. The van der Waals surface area contributed by atoms with Gasteiger partial charge >= 0.3 is 0 Å². The molecule has 1 amide bonds. The van der Waals surface area contributed by atoms with Gasteiger partial charge in [0.25, 0.3) is 0 Å². The van der Waals surface area contributed by atoms with Crippen LogP contribution in [0.4, 0.5) is 0 Å². The van der Waals surface area contributed by atoms with Crippen molar-refractivity contribution in [2.75, 3.05) is 61.0 Å². The number of nitrogens with one attached hydrogen (secondary N) is 1. The highest BCUT2D eigenvalue weighted by molar-refractivity contribution is 14.0. The van der Waals surface area contributed by atoms with E-state index in [0.717, 1.165) is 45.1 Å². The molecule has 1 saturated heterocycles. The van der Waals surface area contributed by atoms with Gasteiger partial charge in [-0.2, -0.15) is 0 Å². The van der Waals surface area contributed by atoms with Gasteiger partial charge in [0, 0.05) is 78.9 Å². The number of nitrogens with zero attached hydrogens (tertiary/aromatic N) is 4. The number of aliphatic imine (C=N–C) groups is 1. The molecular formula is C19H38IN5O2. The maximum absolute atomic E-state index is 11.8. The quantitative estimate of drug-likeness (QED) is 0.356. The molecule has 2 aliphatic rings. The summed E-state index contributed by atoms with van der Waals surface area (Å²) in [6.45, 7) is 11.3. The first-order chi connectivity index (χ1) is 12.1. The van der Waals surface area contributed by atoms with E-state index in [1.54, 1.807) is 12.0 Å². The molecule has 0 aromatic rings. The third-order valence-electron chi connectivity index (χ3n) is 6.61. The van der Waals surface area contributed by atoms with Crippen molar-refractivity contribution in [3.63, 3.8) is 0 Å². The minimum absolute atomic E-state index is 0. The van der Waals surface area contributed by atoms with Crippen molar-refractivity contribution in [1.29, 1.82) is 0 Å². The average molecular weight is 495 g/mol. The summed E-state index contributed by atoms with van der Waals surface area (Å²) in [6, 6.07) is 0.363. The van der Waals surface area contributed by atoms with Gasteiger partial charge in [0.2, 0.25) is 5.91 Å². The van der Waals surface area contributed by atoms with Crippen LogP contribution in [0, 0.1) is 5.41 Å². The Labute approximate surface area is 181 Å². The van der Waals surface area contributed by atoms with Crippen molar-refractivity contribution in [2.24, 2.45) is 10.4 Å². The highest BCUT2D eigenvalue weighted by Gasteiger charge is 2.58. The zero-order valence-corrected chi connectivity index (χ0v) is 20.4. The van der Waals surface area contributed by atoms with E-state index >= 15 is 0 Å². The molecule has 0 aromatic heterocycles. The first kappa shape index (κ1) is 24.4. The zero-order chi connectivity index (χ0) is 19.5. The van der Waals surface area contributed by atoms with Gasteiger partial charge in [0.1, 0.15) is 0 Å². The van der Waals surface area contributed by atoms with Gasteiger partial charge in [-0.25, -0.2) is 0 Å². The zero-order valence-electron chi connectivity index (χ0n) is 18.0. The van der Waals surface area contributed by atoms with E-state index in [-0.39, 0.29) is 40.9 Å². The molecule has 0 aromatic carbocycles. The molecule has 8 heteroatoms. The SMILES string of the molecule is CN=C(NC1CC(C)(OC)C1(C)C)N1CCN(CCC(=O)N(C)C)CC1.I. The molecular weight excluding hydrogens is 457 g/mol. The predicted molar refractivity (Wildman–Crippen MR) is 121 cm³/mol. The third-order valence-corrected chi connectivity index (χ3v) is 6.61. The molecule has 2 fully saturated rings. The van der Waals surface area contributed by atoms with Crippen molar-refractivity contribution in [2.45, 2.75) is 45.3 Å². The van der Waals surface area contributed by atoms with Crippen LogP contribution in [0.2, 0.25) is 0 Å². The lowest BCUT2D eigenvalue weighted by molar-refractivity contribution is -0.177. The standard InChI is InChI=1S/C19H37N5O2.HI/c1-18(2)15(14-19(18,3)26-7)21-17(20-4)24-12-10-23(11-13-24)9-8-16(25)22(5)6;/h15H,8-14H2,1-7H3,(H,20,21);1H. The number of hydrogen-bond acceptors (Lipinski definition) is 4. The second-order valence-electron chi connectivity index (χ2n) is 8.47. The van der Waals surface area contributed by atoms with Gasteiger partial charge in [0.05, 0.1) is 5.60 Å². The molecule has 7 nitrogen and oxygen atoms in total. The van der Waals surface area contributed by atoms with Crippen molar-refractivity contribution in [1.82, 2.24) is 20.0 Å². The maximum atomic E-state index is 11.8. The number of guanidine groups is 1. The molecule has 0 bridgehead atoms. The number of ether oxygens (including phenoxy) is 1. The Bertz CT molecular complexity index is 532. The van der Waals surface area contributed by atoms with Crippen LogP contribution in [0.25, 0.3) is 0 Å². The van der Waals surface area contributed by atoms with Gasteiger partial charge in [-0.05, 0) is 13.3 Å². The minimum atomic E-state index is -0.0822. The third kappa shape index (κ3) is 5.26. The van der Waals surface area contributed by atoms with Gasteiger partial charge in [-0.1, -0.05) is 13.8 Å². The van der Waals surface area contributed by atoms with Crippen LogP contribution in [0.3, 0.4) is 0 Å². The van der Waals surface area contributed by atoms with Gasteiger partial charge < -0.3 is 19.9 Å². The Morgan fingerprint density at radius 2 is 1.81 bits per heavy atom. The summed E-state index contributed by atoms with van der Waals surface area (Å²) < 4.78 is 5.73. The topological polar surface area (TPSA) is 60.4 Å². The number of rotatable bonds is 5. The fourth-order valence-corrected chi connectivity index (χ4v) is 3.84. The molecule has 2 rings (SSSR count). The molecule has 1 aliphatic carbocycles. The molecule has 1 N–H and O–H groups in total. The lowest BCUT2D eigenvalue weighted by Crippen LogP contribution is -2.70. The Morgan fingerprint density at radius 3 is 2.26 bits per heavy atom. The van der Waals surface area contributed by atoms with Crippen LogP contribution in [-0.4, -0.2) is 99.2 Å². The Morgan fingerprint density at radius 1 is 1.22 bits per heavy atom. The van der Waals surface area contributed by atoms with E-state index in [2.05, 4.69) is 40.9 Å². The molecule has 27 heavy (non-hydrogen) atoms. The number of halogens is 1. The summed E-state index contributed by atoms with van der Waals surface area (Å²) in [4.78, 5) is 22.6. The fourth-order valence-electron chi connectivity index (χ4n) is 3.84. The van der Waals surface area contributed by atoms with Gasteiger partial charge in [0.15, 0.2) is 5.96 Å². The van der Waals surface area contributed by atoms with E-state index in [0.29, 0.717) is 12.5 Å². The molecule has 1 heterocycles. The van der Waals surface area contributed by atoms with Crippen LogP contribution in [0.5, 0.6) is 0 Å². The number of methoxy groups -OCH3 is 1. The lowest BCUT2D eigenvalue weighted by Gasteiger charge is -2.59.